The van der Waals surface area contributed by atoms with Crippen LogP contribution in [0, 0.1) is 11.3 Å². The van der Waals surface area contributed by atoms with Gasteiger partial charge in [0.15, 0.2) is 0 Å². The molecule has 0 aliphatic heterocycles. The van der Waals surface area contributed by atoms with Gasteiger partial charge in [0.05, 0.1) is 17.9 Å². The molecule has 0 bridgehead atoms. The largest absolute Gasteiger partial charge is 0.494 e. The van der Waals surface area contributed by atoms with Crippen LogP contribution in [0.1, 0.15) is 52.0 Å². The van der Waals surface area contributed by atoms with Gasteiger partial charge in [0.25, 0.3) is 5.91 Å². The maximum atomic E-state index is 12.5. The second-order valence-electron chi connectivity index (χ2n) is 5.66. The highest BCUT2D eigenvalue weighted by Crippen LogP contribution is 2.25. The minimum atomic E-state index is -0.903. The van der Waals surface area contributed by atoms with Crippen molar-refractivity contribution in [3.05, 3.63) is 23.8 Å². The van der Waals surface area contributed by atoms with Gasteiger partial charge in [-0.25, -0.2) is 0 Å². The molecule has 1 amide bonds. The number of ether oxygens (including phenoxy) is 2. The number of carbonyl (C=O) groups excluding carboxylic acids is 1. The quantitative estimate of drug-likeness (QED) is 0.750. The van der Waals surface area contributed by atoms with Gasteiger partial charge in [-0.1, -0.05) is 26.7 Å². The molecule has 1 aromatic carbocycles. The second kappa shape index (κ2) is 9.16. The molecule has 0 aliphatic carbocycles. The van der Waals surface area contributed by atoms with Crippen molar-refractivity contribution in [3.63, 3.8) is 0 Å². The van der Waals surface area contributed by atoms with Crippen molar-refractivity contribution in [2.24, 2.45) is 0 Å². The van der Waals surface area contributed by atoms with Crippen molar-refractivity contribution in [3.8, 4) is 11.8 Å². The SMILES string of the molecule is CCCC[C@](C)(OC)C(=O)Nc1ccc(OCCC)cc1C#N. The lowest BCUT2D eigenvalue weighted by atomic mass is 9.97. The van der Waals surface area contributed by atoms with E-state index in [1.807, 2.05) is 6.92 Å². The summed E-state index contributed by atoms with van der Waals surface area (Å²) in [7, 11) is 1.53. The number of nitrogens with one attached hydrogen (secondary N) is 1. The van der Waals surface area contributed by atoms with E-state index in [0.29, 0.717) is 30.0 Å². The van der Waals surface area contributed by atoms with Crippen LogP contribution in [0.4, 0.5) is 5.69 Å². The van der Waals surface area contributed by atoms with Gasteiger partial charge in [-0.15, -0.1) is 0 Å². The monoisotopic (exact) mass is 318 g/mol. The molecular weight excluding hydrogens is 292 g/mol. The van der Waals surface area contributed by atoms with E-state index in [1.54, 1.807) is 25.1 Å². The molecule has 0 saturated heterocycles. The Morgan fingerprint density at radius 2 is 2.09 bits per heavy atom. The molecule has 5 nitrogen and oxygen atoms in total. The molecule has 126 valence electrons. The molecule has 0 saturated carbocycles. The van der Waals surface area contributed by atoms with Crippen molar-refractivity contribution < 1.29 is 14.3 Å². The first-order valence-corrected chi connectivity index (χ1v) is 8.04. The van der Waals surface area contributed by atoms with E-state index < -0.39 is 5.60 Å². The third kappa shape index (κ3) is 5.26. The maximum Gasteiger partial charge on any atom is 0.256 e. The molecule has 0 aliphatic rings. The lowest BCUT2D eigenvalue weighted by Crippen LogP contribution is -2.42. The lowest BCUT2D eigenvalue weighted by Gasteiger charge is -2.27. The van der Waals surface area contributed by atoms with Gasteiger partial charge in [0, 0.05) is 7.11 Å². The third-order valence-corrected chi connectivity index (χ3v) is 3.77. The number of anilines is 1. The number of hydrogen-bond donors (Lipinski definition) is 1. The number of unbranched alkanes of at least 4 members (excludes halogenated alkanes) is 1. The van der Waals surface area contributed by atoms with Crippen molar-refractivity contribution in [1.29, 1.82) is 5.26 Å². The van der Waals surface area contributed by atoms with E-state index in [9.17, 15) is 10.1 Å². The molecule has 0 unspecified atom stereocenters. The Morgan fingerprint density at radius 1 is 1.35 bits per heavy atom. The van der Waals surface area contributed by atoms with Gasteiger partial charge in [0.1, 0.15) is 17.4 Å². The van der Waals surface area contributed by atoms with Gasteiger partial charge in [-0.2, -0.15) is 5.26 Å². The summed E-state index contributed by atoms with van der Waals surface area (Å²) in [5, 5.41) is 12.1. The fourth-order valence-electron chi connectivity index (χ4n) is 2.11. The Labute approximate surface area is 138 Å². The number of hydrogen-bond acceptors (Lipinski definition) is 4. The number of rotatable bonds is 9. The second-order valence-corrected chi connectivity index (χ2v) is 5.66. The predicted octanol–water partition coefficient (Wildman–Crippen LogP) is 3.88. The van der Waals surface area contributed by atoms with Crippen molar-refractivity contribution in [2.45, 2.75) is 52.1 Å². The van der Waals surface area contributed by atoms with Crippen molar-refractivity contribution >= 4 is 11.6 Å². The van der Waals surface area contributed by atoms with Crippen LogP contribution in [-0.4, -0.2) is 25.2 Å². The van der Waals surface area contributed by atoms with Gasteiger partial charge in [0.2, 0.25) is 0 Å². The van der Waals surface area contributed by atoms with E-state index in [-0.39, 0.29) is 5.91 Å². The van der Waals surface area contributed by atoms with E-state index in [0.717, 1.165) is 19.3 Å². The van der Waals surface area contributed by atoms with Crippen LogP contribution in [0.2, 0.25) is 0 Å². The number of amides is 1. The first kappa shape index (κ1) is 19.0. The Kier molecular flexibility index (Phi) is 7.56. The normalized spacial score (nSPS) is 13.0. The molecule has 23 heavy (non-hydrogen) atoms. The summed E-state index contributed by atoms with van der Waals surface area (Å²) < 4.78 is 10.9. The zero-order chi connectivity index (χ0) is 17.3. The van der Waals surface area contributed by atoms with Crippen LogP contribution in [0.3, 0.4) is 0 Å². The summed E-state index contributed by atoms with van der Waals surface area (Å²) >= 11 is 0. The lowest BCUT2D eigenvalue weighted by molar-refractivity contribution is -0.136. The first-order valence-electron chi connectivity index (χ1n) is 8.04. The Balaban J connectivity index is 2.90. The highest BCUT2D eigenvalue weighted by molar-refractivity contribution is 5.98. The van der Waals surface area contributed by atoms with Gasteiger partial charge in [-0.05, 0) is 38.0 Å². The van der Waals surface area contributed by atoms with Gasteiger partial charge < -0.3 is 14.8 Å². The standard InChI is InChI=1S/C18H26N2O3/c1-5-7-10-18(3,22-4)17(21)20-16-9-8-15(23-11-6-2)12-14(16)13-19/h8-9,12H,5-7,10-11H2,1-4H3,(H,20,21)/t18-/m0/s1. The first-order chi connectivity index (χ1) is 11.0. The zero-order valence-corrected chi connectivity index (χ0v) is 14.4. The smallest absolute Gasteiger partial charge is 0.256 e. The Bertz CT molecular complexity index is 566. The van der Waals surface area contributed by atoms with Crippen molar-refractivity contribution in [2.75, 3.05) is 19.0 Å². The zero-order valence-electron chi connectivity index (χ0n) is 14.4. The molecule has 5 heteroatoms. The minimum absolute atomic E-state index is 0.243. The molecule has 1 rings (SSSR count). The highest BCUT2D eigenvalue weighted by atomic mass is 16.5. The third-order valence-electron chi connectivity index (χ3n) is 3.77. The predicted molar refractivity (Wildman–Crippen MR) is 90.5 cm³/mol. The number of benzene rings is 1. The Morgan fingerprint density at radius 3 is 2.65 bits per heavy atom. The van der Waals surface area contributed by atoms with Crippen LogP contribution >= 0.6 is 0 Å². The summed E-state index contributed by atoms with van der Waals surface area (Å²) in [5.41, 5.74) is -0.0536. The number of methoxy groups -OCH3 is 1. The van der Waals surface area contributed by atoms with Crippen LogP contribution in [0.15, 0.2) is 18.2 Å². The summed E-state index contributed by atoms with van der Waals surface area (Å²) in [6.07, 6.45) is 3.40. The molecule has 0 aromatic heterocycles. The van der Waals surface area contributed by atoms with Crippen molar-refractivity contribution in [1.82, 2.24) is 0 Å². The molecule has 1 aromatic rings. The van der Waals surface area contributed by atoms with Crippen LogP contribution in [0.5, 0.6) is 5.75 Å². The summed E-state index contributed by atoms with van der Waals surface area (Å²) in [5.74, 6) is 0.383. The van der Waals surface area contributed by atoms with Crippen LogP contribution in [-0.2, 0) is 9.53 Å². The molecule has 0 spiro atoms. The molecule has 0 radical (unpaired) electrons. The molecule has 0 fully saturated rings. The molecule has 1 atom stereocenters. The van der Waals surface area contributed by atoms with Crippen LogP contribution < -0.4 is 10.1 Å². The number of nitrogens with zero attached hydrogens (tertiary/aromatic N) is 1. The fraction of sp³-hybridized carbons (Fsp3) is 0.556. The average Bonchev–Trinajstić information content (AvgIpc) is 2.58. The topological polar surface area (TPSA) is 71.3 Å². The van der Waals surface area contributed by atoms with Gasteiger partial charge >= 0.3 is 0 Å². The van der Waals surface area contributed by atoms with Gasteiger partial charge in [-0.3, -0.25) is 4.79 Å². The summed E-state index contributed by atoms with van der Waals surface area (Å²) in [6, 6.07) is 7.18. The number of nitriles is 1. The van der Waals surface area contributed by atoms with Crippen LogP contribution in [0.25, 0.3) is 0 Å². The fourth-order valence-corrected chi connectivity index (χ4v) is 2.11. The summed E-state index contributed by atoms with van der Waals surface area (Å²) in [6.45, 7) is 6.44. The summed E-state index contributed by atoms with van der Waals surface area (Å²) in [4.78, 5) is 12.5. The molecule has 0 heterocycles. The Hall–Kier alpha value is -2.06. The minimum Gasteiger partial charge on any atom is -0.494 e. The van der Waals surface area contributed by atoms with E-state index in [1.165, 1.54) is 7.11 Å². The van der Waals surface area contributed by atoms with E-state index in [4.69, 9.17) is 9.47 Å². The average molecular weight is 318 g/mol. The van der Waals surface area contributed by atoms with E-state index in [2.05, 4.69) is 18.3 Å². The number of carbonyl (C=O) groups is 1. The molecular formula is C18H26N2O3. The maximum absolute atomic E-state index is 12.5. The highest BCUT2D eigenvalue weighted by Gasteiger charge is 2.32. The van der Waals surface area contributed by atoms with E-state index >= 15 is 0 Å². The molecule has 1 N–H and O–H groups in total.